The summed E-state index contributed by atoms with van der Waals surface area (Å²) in [7, 11) is -2.90. The summed E-state index contributed by atoms with van der Waals surface area (Å²) in [5.74, 6) is 0.00172. The molecule has 3 heterocycles. The number of nitrogens with zero attached hydrogens (tertiary/aromatic N) is 3. The van der Waals surface area contributed by atoms with Crippen molar-refractivity contribution >= 4 is 21.5 Å². The Balaban J connectivity index is 1.84. The third-order valence-corrected chi connectivity index (χ3v) is 5.26. The summed E-state index contributed by atoms with van der Waals surface area (Å²) in [6.45, 7) is 0. The number of hydrogen-bond acceptors (Lipinski definition) is 5. The molecule has 0 aliphatic carbocycles. The second-order valence-electron chi connectivity index (χ2n) is 5.02. The Morgan fingerprint density at radius 3 is 2.95 bits per heavy atom. The third kappa shape index (κ3) is 2.51. The topological polar surface area (TPSA) is 102 Å². The first-order chi connectivity index (χ1) is 9.43. The Morgan fingerprint density at radius 1 is 1.50 bits per heavy atom. The highest BCUT2D eigenvalue weighted by Crippen LogP contribution is 2.21. The number of rotatable bonds is 3. The largest absolute Gasteiger partial charge is 0.478 e. The van der Waals surface area contributed by atoms with Crippen molar-refractivity contribution in [1.29, 1.82) is 0 Å². The Bertz CT molecular complexity index is 781. The second kappa shape index (κ2) is 4.55. The number of carbonyl (C=O) groups is 1. The fourth-order valence-electron chi connectivity index (χ4n) is 2.44. The van der Waals surface area contributed by atoms with Crippen LogP contribution in [0.4, 0.5) is 0 Å². The molecule has 106 valence electrons. The molecule has 8 heteroatoms. The van der Waals surface area contributed by atoms with Gasteiger partial charge >= 0.3 is 5.97 Å². The van der Waals surface area contributed by atoms with Gasteiger partial charge < -0.3 is 5.11 Å². The maximum atomic E-state index is 11.4. The van der Waals surface area contributed by atoms with Crippen molar-refractivity contribution in [3.63, 3.8) is 0 Å². The molecule has 1 aliphatic heterocycles. The molecule has 0 aromatic carbocycles. The first kappa shape index (κ1) is 13.0. The maximum Gasteiger partial charge on any atom is 0.335 e. The van der Waals surface area contributed by atoms with Crippen molar-refractivity contribution in [2.24, 2.45) is 5.92 Å². The number of carboxylic acids is 1. The summed E-state index contributed by atoms with van der Waals surface area (Å²) in [5, 5.41) is 13.2. The van der Waals surface area contributed by atoms with Crippen molar-refractivity contribution in [3.8, 4) is 0 Å². The van der Waals surface area contributed by atoms with Gasteiger partial charge in [0.15, 0.2) is 21.3 Å². The lowest BCUT2D eigenvalue weighted by Gasteiger charge is -2.01. The average Bonchev–Trinajstić information content (AvgIpc) is 2.91. The molecule has 0 bridgehead atoms. The summed E-state index contributed by atoms with van der Waals surface area (Å²) in [6, 6.07) is 2.90. The van der Waals surface area contributed by atoms with Crippen LogP contribution in [-0.2, 0) is 16.3 Å². The molecule has 0 radical (unpaired) electrons. The van der Waals surface area contributed by atoms with Gasteiger partial charge in [-0.2, -0.15) is 5.10 Å². The normalized spacial score (nSPS) is 21.3. The number of aromatic carboxylic acids is 1. The molecule has 1 saturated heterocycles. The lowest BCUT2D eigenvalue weighted by atomic mass is 10.1. The van der Waals surface area contributed by atoms with E-state index >= 15 is 0 Å². The summed E-state index contributed by atoms with van der Waals surface area (Å²) in [4.78, 5) is 15.1. The van der Waals surface area contributed by atoms with Gasteiger partial charge in [0.25, 0.3) is 0 Å². The molecule has 7 nitrogen and oxygen atoms in total. The van der Waals surface area contributed by atoms with E-state index < -0.39 is 15.8 Å². The van der Waals surface area contributed by atoms with Crippen LogP contribution in [0.3, 0.4) is 0 Å². The monoisotopic (exact) mass is 295 g/mol. The first-order valence-corrected chi connectivity index (χ1v) is 8.04. The zero-order valence-corrected chi connectivity index (χ0v) is 11.4. The van der Waals surface area contributed by atoms with Crippen molar-refractivity contribution in [3.05, 3.63) is 29.7 Å². The number of fused-ring (bicyclic) bond motifs is 1. The van der Waals surface area contributed by atoms with E-state index in [0.717, 1.165) is 0 Å². The van der Waals surface area contributed by atoms with Crippen LogP contribution in [0.25, 0.3) is 5.65 Å². The van der Waals surface area contributed by atoms with Gasteiger partial charge in [-0.05, 0) is 24.5 Å². The highest BCUT2D eigenvalue weighted by molar-refractivity contribution is 7.91. The van der Waals surface area contributed by atoms with Crippen molar-refractivity contribution in [2.45, 2.75) is 12.8 Å². The molecule has 0 amide bonds. The minimum atomic E-state index is -2.90. The van der Waals surface area contributed by atoms with Crippen LogP contribution in [0, 0.1) is 5.92 Å². The fourth-order valence-corrected chi connectivity index (χ4v) is 4.30. The Kier molecular flexibility index (Phi) is 2.97. The van der Waals surface area contributed by atoms with E-state index in [9.17, 15) is 13.2 Å². The first-order valence-electron chi connectivity index (χ1n) is 6.22. The van der Waals surface area contributed by atoms with Crippen LogP contribution in [0.1, 0.15) is 22.6 Å². The van der Waals surface area contributed by atoms with E-state index in [0.29, 0.717) is 24.3 Å². The molecule has 1 unspecified atom stereocenters. The Morgan fingerprint density at radius 2 is 2.30 bits per heavy atom. The van der Waals surface area contributed by atoms with Crippen molar-refractivity contribution < 1.29 is 18.3 Å². The smallest absolute Gasteiger partial charge is 0.335 e. The molecule has 0 spiro atoms. The van der Waals surface area contributed by atoms with E-state index in [-0.39, 0.29) is 23.0 Å². The number of sulfone groups is 1. The van der Waals surface area contributed by atoms with Gasteiger partial charge in [0.1, 0.15) is 0 Å². The highest BCUT2D eigenvalue weighted by Gasteiger charge is 2.28. The van der Waals surface area contributed by atoms with Gasteiger partial charge in [-0.15, -0.1) is 0 Å². The van der Waals surface area contributed by atoms with Crippen LogP contribution >= 0.6 is 0 Å². The minimum absolute atomic E-state index is 0.0522. The molecule has 0 saturated carbocycles. The maximum absolute atomic E-state index is 11.4. The zero-order chi connectivity index (χ0) is 14.3. The fraction of sp³-hybridized carbons (Fsp3) is 0.417. The highest BCUT2D eigenvalue weighted by atomic mass is 32.2. The zero-order valence-electron chi connectivity index (χ0n) is 10.6. The van der Waals surface area contributed by atoms with Crippen molar-refractivity contribution in [2.75, 3.05) is 11.5 Å². The van der Waals surface area contributed by atoms with E-state index in [1.54, 1.807) is 6.20 Å². The standard InChI is InChI=1S/C12H13N3O4S/c16-12(17)9-1-3-15-11(6-9)13-10(14-15)5-8-2-4-20(18,19)7-8/h1,3,6,8H,2,4-5,7H2,(H,16,17). The van der Waals surface area contributed by atoms with Gasteiger partial charge in [0, 0.05) is 12.6 Å². The summed E-state index contributed by atoms with van der Waals surface area (Å²) >= 11 is 0. The molecular formula is C12H13N3O4S. The molecule has 1 atom stereocenters. The lowest BCUT2D eigenvalue weighted by Crippen LogP contribution is -2.08. The van der Waals surface area contributed by atoms with Gasteiger partial charge in [0.2, 0.25) is 0 Å². The number of aromatic nitrogens is 3. The summed E-state index contributed by atoms with van der Waals surface area (Å²) in [6.07, 6.45) is 2.68. The SMILES string of the molecule is O=C(O)c1ccn2nc(CC3CCS(=O)(=O)C3)nc2c1. The summed E-state index contributed by atoms with van der Waals surface area (Å²) in [5.41, 5.74) is 0.612. The molecular weight excluding hydrogens is 282 g/mol. The van der Waals surface area contributed by atoms with E-state index in [1.807, 2.05) is 0 Å². The number of pyridine rings is 1. The third-order valence-electron chi connectivity index (χ3n) is 3.43. The molecule has 1 aliphatic rings. The molecule has 1 N–H and O–H groups in total. The summed E-state index contributed by atoms with van der Waals surface area (Å²) < 4.78 is 24.3. The Hall–Kier alpha value is -1.96. The average molecular weight is 295 g/mol. The Labute approximate surface area is 115 Å². The molecule has 3 rings (SSSR count). The lowest BCUT2D eigenvalue weighted by molar-refractivity contribution is 0.0697. The van der Waals surface area contributed by atoms with E-state index in [4.69, 9.17) is 5.11 Å². The predicted octanol–water partition coefficient (Wildman–Crippen LogP) is 0.405. The van der Waals surface area contributed by atoms with Gasteiger partial charge in [-0.25, -0.2) is 22.7 Å². The molecule has 20 heavy (non-hydrogen) atoms. The predicted molar refractivity (Wildman–Crippen MR) is 70.4 cm³/mol. The molecule has 2 aromatic heterocycles. The quantitative estimate of drug-likeness (QED) is 0.879. The van der Waals surface area contributed by atoms with Crippen LogP contribution in [0.5, 0.6) is 0 Å². The van der Waals surface area contributed by atoms with E-state index in [2.05, 4.69) is 10.1 Å². The second-order valence-corrected chi connectivity index (χ2v) is 7.25. The van der Waals surface area contributed by atoms with Crippen LogP contribution in [0.2, 0.25) is 0 Å². The minimum Gasteiger partial charge on any atom is -0.478 e. The van der Waals surface area contributed by atoms with E-state index in [1.165, 1.54) is 16.6 Å². The van der Waals surface area contributed by atoms with Gasteiger partial charge in [-0.1, -0.05) is 0 Å². The van der Waals surface area contributed by atoms with Gasteiger partial charge in [-0.3, -0.25) is 0 Å². The van der Waals surface area contributed by atoms with Gasteiger partial charge in [0.05, 0.1) is 17.1 Å². The number of carboxylic acid groups (broad SMARTS) is 1. The van der Waals surface area contributed by atoms with Crippen LogP contribution < -0.4 is 0 Å². The molecule has 2 aromatic rings. The number of hydrogen-bond donors (Lipinski definition) is 1. The van der Waals surface area contributed by atoms with Crippen molar-refractivity contribution in [1.82, 2.24) is 14.6 Å². The van der Waals surface area contributed by atoms with Crippen LogP contribution in [0.15, 0.2) is 18.3 Å². The molecule has 1 fully saturated rings. The van der Waals surface area contributed by atoms with Crippen LogP contribution in [-0.4, -0.2) is 45.6 Å².